The lowest BCUT2D eigenvalue weighted by Gasteiger charge is -2.15. The van der Waals surface area contributed by atoms with Crippen LogP contribution in [0.4, 0.5) is 0 Å². The number of nitrogens with zero attached hydrogens (tertiary/aromatic N) is 1. The number of rotatable bonds is 4. The zero-order chi connectivity index (χ0) is 14.7. The number of ketones is 2. The Morgan fingerprint density at radius 3 is 2.75 bits per heavy atom. The lowest BCUT2D eigenvalue weighted by molar-refractivity contribution is -0.120. The van der Waals surface area contributed by atoms with E-state index < -0.39 is 11.6 Å². The van der Waals surface area contributed by atoms with Gasteiger partial charge in [0.25, 0.3) is 0 Å². The van der Waals surface area contributed by atoms with Gasteiger partial charge in [0.15, 0.2) is 12.1 Å². The molecule has 102 valence electrons. The summed E-state index contributed by atoms with van der Waals surface area (Å²) in [4.78, 5) is 50.1. The summed E-state index contributed by atoms with van der Waals surface area (Å²) in [6, 6.07) is 2.75. The third-order valence-electron chi connectivity index (χ3n) is 2.79. The van der Waals surface area contributed by atoms with Crippen LogP contribution in [0.25, 0.3) is 0 Å². The number of carbonyl (C=O) groups excluding carboxylic acids is 4. The lowest BCUT2D eigenvalue weighted by atomic mass is 9.97. The Morgan fingerprint density at radius 1 is 1.35 bits per heavy atom. The number of allylic oxidation sites excluding steroid dienone is 2. The van der Waals surface area contributed by atoms with Crippen molar-refractivity contribution in [2.45, 2.75) is 19.8 Å². The Kier molecular flexibility index (Phi) is 3.84. The maximum atomic E-state index is 12.2. The predicted molar refractivity (Wildman–Crippen MR) is 69.4 cm³/mol. The van der Waals surface area contributed by atoms with Crippen LogP contribution in [0.15, 0.2) is 23.9 Å². The van der Waals surface area contributed by atoms with E-state index in [1.54, 1.807) is 0 Å². The topological polar surface area (TPSA) is 93.2 Å². The molecule has 1 aliphatic rings. The van der Waals surface area contributed by atoms with Crippen LogP contribution >= 0.6 is 0 Å². The minimum absolute atomic E-state index is 0.0611. The van der Waals surface area contributed by atoms with E-state index in [1.807, 2.05) is 6.92 Å². The second-order valence-electron chi connectivity index (χ2n) is 4.30. The fourth-order valence-corrected chi connectivity index (χ4v) is 1.85. The van der Waals surface area contributed by atoms with E-state index >= 15 is 0 Å². The number of aromatic nitrogens is 1. The Balaban J connectivity index is 2.35. The fraction of sp³-hybridized carbons (Fsp3) is 0.214. The molecule has 0 aromatic carbocycles. The van der Waals surface area contributed by atoms with Gasteiger partial charge in [-0.2, -0.15) is 0 Å². The van der Waals surface area contributed by atoms with Gasteiger partial charge in [0, 0.05) is 12.5 Å². The average molecular weight is 272 g/mol. The van der Waals surface area contributed by atoms with E-state index in [4.69, 9.17) is 0 Å². The fourth-order valence-electron chi connectivity index (χ4n) is 1.85. The molecular formula is C14H12N2O4. The predicted octanol–water partition coefficient (Wildman–Crippen LogP) is 1.07. The van der Waals surface area contributed by atoms with E-state index in [1.165, 1.54) is 12.1 Å². The van der Waals surface area contributed by atoms with Crippen LogP contribution in [-0.2, 0) is 4.79 Å². The Hall–Kier alpha value is -2.63. The van der Waals surface area contributed by atoms with Crippen LogP contribution in [0.1, 0.15) is 51.1 Å². The van der Waals surface area contributed by atoms with Crippen molar-refractivity contribution in [2.75, 3.05) is 0 Å². The molecule has 1 aromatic rings. The maximum Gasteiger partial charge on any atom is 0.228 e. The summed E-state index contributed by atoms with van der Waals surface area (Å²) in [6.45, 7) is 1.83. The molecule has 1 aromatic heterocycles. The highest BCUT2D eigenvalue weighted by Gasteiger charge is 2.28. The third kappa shape index (κ3) is 2.54. The van der Waals surface area contributed by atoms with Gasteiger partial charge in [-0.3, -0.25) is 19.2 Å². The average Bonchev–Trinajstić information content (AvgIpc) is 2.44. The van der Waals surface area contributed by atoms with Crippen molar-refractivity contribution >= 4 is 23.8 Å². The van der Waals surface area contributed by atoms with Crippen LogP contribution in [0.5, 0.6) is 0 Å². The standard InChI is InChI=1S/C14H12N2O4/c1-2-3-12(19)16-10-6-11(18)9-5-4-8(7-17)15-13(9)14(10)20/h4-7H,2-3H2,1H3,(H,16,19). The molecular weight excluding hydrogens is 260 g/mol. The molecule has 0 aliphatic heterocycles. The van der Waals surface area contributed by atoms with Gasteiger partial charge in [-0.05, 0) is 18.6 Å². The lowest BCUT2D eigenvalue weighted by Crippen LogP contribution is -2.31. The molecule has 0 atom stereocenters. The number of pyridine rings is 1. The number of carbonyl (C=O) groups is 4. The van der Waals surface area contributed by atoms with Crippen molar-refractivity contribution in [1.29, 1.82) is 0 Å². The summed E-state index contributed by atoms with van der Waals surface area (Å²) in [7, 11) is 0. The molecule has 1 N–H and O–H groups in total. The summed E-state index contributed by atoms with van der Waals surface area (Å²) in [6.07, 6.45) is 2.46. The highest BCUT2D eigenvalue weighted by Crippen LogP contribution is 2.18. The van der Waals surface area contributed by atoms with E-state index in [9.17, 15) is 19.2 Å². The number of hydrogen-bond acceptors (Lipinski definition) is 5. The monoisotopic (exact) mass is 272 g/mol. The molecule has 0 saturated heterocycles. The van der Waals surface area contributed by atoms with Crippen LogP contribution in [0.3, 0.4) is 0 Å². The van der Waals surface area contributed by atoms with Gasteiger partial charge in [-0.15, -0.1) is 0 Å². The molecule has 6 heteroatoms. The van der Waals surface area contributed by atoms with Crippen molar-refractivity contribution in [3.05, 3.63) is 40.9 Å². The largest absolute Gasteiger partial charge is 0.323 e. The molecule has 1 amide bonds. The summed E-state index contributed by atoms with van der Waals surface area (Å²) in [5, 5.41) is 2.40. The first-order valence-corrected chi connectivity index (χ1v) is 6.13. The normalized spacial score (nSPS) is 13.6. The van der Waals surface area contributed by atoms with Crippen LogP contribution < -0.4 is 5.32 Å². The minimum Gasteiger partial charge on any atom is -0.323 e. The third-order valence-corrected chi connectivity index (χ3v) is 2.79. The van der Waals surface area contributed by atoms with E-state index in [-0.39, 0.29) is 35.0 Å². The van der Waals surface area contributed by atoms with Crippen molar-refractivity contribution in [3.8, 4) is 0 Å². The smallest absolute Gasteiger partial charge is 0.228 e. The first-order valence-electron chi connectivity index (χ1n) is 6.13. The van der Waals surface area contributed by atoms with Gasteiger partial charge in [-0.25, -0.2) is 4.98 Å². The van der Waals surface area contributed by atoms with E-state index in [2.05, 4.69) is 10.3 Å². The second kappa shape index (κ2) is 5.56. The summed E-state index contributed by atoms with van der Waals surface area (Å²) in [5.74, 6) is -1.32. The number of Topliss-reactive ketones (excluding diaryl/α,β-unsaturated/α-hetero) is 1. The van der Waals surface area contributed by atoms with Gasteiger partial charge in [-0.1, -0.05) is 6.92 Å². The summed E-state index contributed by atoms with van der Waals surface area (Å²) in [5.41, 5.74) is -0.00878. The quantitative estimate of drug-likeness (QED) is 0.827. The van der Waals surface area contributed by atoms with Crippen LogP contribution in [-0.4, -0.2) is 28.7 Å². The zero-order valence-corrected chi connectivity index (χ0v) is 10.8. The van der Waals surface area contributed by atoms with Crippen molar-refractivity contribution in [2.24, 2.45) is 0 Å². The second-order valence-corrected chi connectivity index (χ2v) is 4.30. The van der Waals surface area contributed by atoms with E-state index in [0.717, 1.165) is 6.08 Å². The molecule has 0 radical (unpaired) electrons. The summed E-state index contributed by atoms with van der Waals surface area (Å²) >= 11 is 0. The molecule has 0 spiro atoms. The number of nitrogens with one attached hydrogen (secondary N) is 1. The molecule has 1 heterocycles. The van der Waals surface area contributed by atoms with Crippen LogP contribution in [0.2, 0.25) is 0 Å². The van der Waals surface area contributed by atoms with Gasteiger partial charge in [0.05, 0.1) is 11.3 Å². The Bertz CT molecular complexity index is 647. The molecule has 0 fully saturated rings. The van der Waals surface area contributed by atoms with Gasteiger partial charge >= 0.3 is 0 Å². The first kappa shape index (κ1) is 13.8. The molecule has 20 heavy (non-hydrogen) atoms. The van der Waals surface area contributed by atoms with E-state index in [0.29, 0.717) is 12.7 Å². The number of fused-ring (bicyclic) bond motifs is 1. The SMILES string of the molecule is CCCC(=O)NC1=CC(=O)c2ccc(C=O)nc2C1=O. The number of hydrogen-bond donors (Lipinski definition) is 1. The van der Waals surface area contributed by atoms with Crippen molar-refractivity contribution in [1.82, 2.24) is 10.3 Å². The molecule has 0 saturated carbocycles. The van der Waals surface area contributed by atoms with Crippen LogP contribution in [0, 0.1) is 0 Å². The summed E-state index contributed by atoms with van der Waals surface area (Å²) < 4.78 is 0. The highest BCUT2D eigenvalue weighted by atomic mass is 16.2. The number of amides is 1. The van der Waals surface area contributed by atoms with Crippen molar-refractivity contribution < 1.29 is 19.2 Å². The van der Waals surface area contributed by atoms with Crippen molar-refractivity contribution in [3.63, 3.8) is 0 Å². The molecule has 2 rings (SSSR count). The zero-order valence-electron chi connectivity index (χ0n) is 10.8. The molecule has 0 unspecified atom stereocenters. The molecule has 0 bridgehead atoms. The minimum atomic E-state index is -0.562. The van der Waals surface area contributed by atoms with Gasteiger partial charge < -0.3 is 5.32 Å². The molecule has 1 aliphatic carbocycles. The Labute approximate surface area is 114 Å². The number of aldehydes is 1. The highest BCUT2D eigenvalue weighted by molar-refractivity contribution is 6.24. The maximum absolute atomic E-state index is 12.2. The molecule has 6 nitrogen and oxygen atoms in total. The van der Waals surface area contributed by atoms with Gasteiger partial charge in [0.2, 0.25) is 11.7 Å². The Morgan fingerprint density at radius 2 is 2.10 bits per heavy atom. The first-order chi connectivity index (χ1) is 9.56. The van der Waals surface area contributed by atoms with Gasteiger partial charge in [0.1, 0.15) is 11.4 Å².